The third-order valence-corrected chi connectivity index (χ3v) is 3.96. The molecule has 1 fully saturated rings. The molecule has 1 aliphatic rings. The quantitative estimate of drug-likeness (QED) is 0.947. The Bertz CT molecular complexity index is 629. The number of piperidine rings is 1. The summed E-state index contributed by atoms with van der Waals surface area (Å²) in [5.74, 6) is -0.420. The first-order chi connectivity index (χ1) is 10.7. The van der Waals surface area contributed by atoms with Crippen LogP contribution < -0.4 is 5.32 Å². The molecule has 116 valence electrons. The average molecular weight is 302 g/mol. The predicted molar refractivity (Wildman–Crippen MR) is 82.0 cm³/mol. The van der Waals surface area contributed by atoms with Gasteiger partial charge in [0, 0.05) is 18.9 Å². The van der Waals surface area contributed by atoms with Crippen molar-refractivity contribution in [1.82, 2.24) is 14.7 Å². The summed E-state index contributed by atoms with van der Waals surface area (Å²) in [6.07, 6.45) is 6.62. The highest BCUT2D eigenvalue weighted by Crippen LogP contribution is 2.21. The van der Waals surface area contributed by atoms with Crippen molar-refractivity contribution < 1.29 is 9.18 Å². The normalized spacial score (nSPS) is 18.2. The fourth-order valence-corrected chi connectivity index (χ4v) is 2.83. The maximum Gasteiger partial charge on any atom is 0.322 e. The van der Waals surface area contributed by atoms with Gasteiger partial charge in [-0.3, -0.25) is 4.68 Å². The number of amides is 2. The van der Waals surface area contributed by atoms with E-state index in [1.807, 2.05) is 16.9 Å². The standard InChI is InChI=1S/C16H19FN4O/c17-14-7-1-2-8-15(14)19-16(22)21-11-4-3-6-13(21)12-20-10-5-9-18-20/h1-2,5,7-10,13H,3-4,6,11-12H2,(H,19,22). The van der Waals surface area contributed by atoms with Crippen LogP contribution in [0.2, 0.25) is 0 Å². The molecule has 6 heteroatoms. The highest BCUT2D eigenvalue weighted by molar-refractivity contribution is 5.89. The Morgan fingerprint density at radius 2 is 2.18 bits per heavy atom. The monoisotopic (exact) mass is 302 g/mol. The number of para-hydroxylation sites is 1. The predicted octanol–water partition coefficient (Wildman–Crippen LogP) is 3.11. The summed E-state index contributed by atoms with van der Waals surface area (Å²) < 4.78 is 15.5. The van der Waals surface area contributed by atoms with Gasteiger partial charge in [0.2, 0.25) is 0 Å². The van der Waals surface area contributed by atoms with E-state index < -0.39 is 5.82 Å². The molecule has 0 aliphatic carbocycles. The molecule has 1 N–H and O–H groups in total. The first-order valence-corrected chi connectivity index (χ1v) is 7.53. The molecule has 2 heterocycles. The maximum absolute atomic E-state index is 13.7. The van der Waals surface area contributed by atoms with Crippen LogP contribution in [0.5, 0.6) is 0 Å². The summed E-state index contributed by atoms with van der Waals surface area (Å²) in [6.45, 7) is 1.35. The van der Waals surface area contributed by atoms with Crippen molar-refractivity contribution in [3.05, 3.63) is 48.5 Å². The Balaban J connectivity index is 1.70. The van der Waals surface area contributed by atoms with E-state index in [9.17, 15) is 9.18 Å². The molecule has 1 unspecified atom stereocenters. The van der Waals surface area contributed by atoms with Gasteiger partial charge in [0.1, 0.15) is 5.82 Å². The molecule has 1 aliphatic heterocycles. The number of nitrogens with one attached hydrogen (secondary N) is 1. The van der Waals surface area contributed by atoms with Crippen LogP contribution in [-0.2, 0) is 6.54 Å². The number of rotatable bonds is 3. The first-order valence-electron chi connectivity index (χ1n) is 7.53. The lowest BCUT2D eigenvalue weighted by atomic mass is 10.0. The van der Waals surface area contributed by atoms with Crippen LogP contribution in [0.3, 0.4) is 0 Å². The summed E-state index contributed by atoms with van der Waals surface area (Å²) in [6, 6.07) is 7.92. The van der Waals surface area contributed by atoms with Gasteiger partial charge in [0.05, 0.1) is 18.3 Å². The number of hydrogen-bond acceptors (Lipinski definition) is 2. The highest BCUT2D eigenvalue weighted by Gasteiger charge is 2.27. The van der Waals surface area contributed by atoms with E-state index in [1.165, 1.54) is 6.07 Å². The largest absolute Gasteiger partial charge is 0.322 e. The van der Waals surface area contributed by atoms with E-state index in [-0.39, 0.29) is 17.8 Å². The smallest absolute Gasteiger partial charge is 0.320 e. The zero-order valence-corrected chi connectivity index (χ0v) is 12.3. The Labute approximate surface area is 128 Å². The molecule has 22 heavy (non-hydrogen) atoms. The lowest BCUT2D eigenvalue weighted by Crippen LogP contribution is -2.47. The zero-order valence-electron chi connectivity index (χ0n) is 12.3. The molecule has 0 radical (unpaired) electrons. The zero-order chi connectivity index (χ0) is 15.4. The van der Waals surface area contributed by atoms with Crippen molar-refractivity contribution in [2.24, 2.45) is 0 Å². The lowest BCUT2D eigenvalue weighted by molar-refractivity contribution is 0.150. The SMILES string of the molecule is O=C(Nc1ccccc1F)N1CCCCC1Cn1cccn1. The Morgan fingerprint density at radius 3 is 2.95 bits per heavy atom. The molecule has 1 aromatic heterocycles. The van der Waals surface area contributed by atoms with Crippen LogP contribution in [0.4, 0.5) is 14.9 Å². The van der Waals surface area contributed by atoms with E-state index >= 15 is 0 Å². The second-order valence-electron chi connectivity index (χ2n) is 5.48. The second-order valence-corrected chi connectivity index (χ2v) is 5.48. The summed E-state index contributed by atoms with van der Waals surface area (Å²) in [5.41, 5.74) is 0.218. The van der Waals surface area contributed by atoms with Crippen molar-refractivity contribution in [2.75, 3.05) is 11.9 Å². The average Bonchev–Trinajstić information content (AvgIpc) is 3.03. The Hall–Kier alpha value is -2.37. The minimum absolute atomic E-state index is 0.0837. The molecule has 1 aromatic carbocycles. The maximum atomic E-state index is 13.7. The van der Waals surface area contributed by atoms with Gasteiger partial charge < -0.3 is 10.2 Å². The van der Waals surface area contributed by atoms with Gasteiger partial charge in [-0.05, 0) is 37.5 Å². The number of halogens is 1. The van der Waals surface area contributed by atoms with Crippen molar-refractivity contribution >= 4 is 11.7 Å². The van der Waals surface area contributed by atoms with Gasteiger partial charge in [0.15, 0.2) is 0 Å². The van der Waals surface area contributed by atoms with E-state index in [1.54, 1.807) is 29.3 Å². The van der Waals surface area contributed by atoms with E-state index in [2.05, 4.69) is 10.4 Å². The van der Waals surface area contributed by atoms with Gasteiger partial charge in [-0.25, -0.2) is 9.18 Å². The molecular formula is C16H19FN4O. The highest BCUT2D eigenvalue weighted by atomic mass is 19.1. The van der Waals surface area contributed by atoms with Crippen molar-refractivity contribution in [3.8, 4) is 0 Å². The minimum Gasteiger partial charge on any atom is -0.320 e. The summed E-state index contributed by atoms with van der Waals surface area (Å²) >= 11 is 0. The number of anilines is 1. The number of urea groups is 1. The Morgan fingerprint density at radius 1 is 1.32 bits per heavy atom. The summed E-state index contributed by atoms with van der Waals surface area (Å²) in [5, 5.41) is 6.87. The topological polar surface area (TPSA) is 50.2 Å². The number of nitrogens with zero attached hydrogens (tertiary/aromatic N) is 3. The third kappa shape index (κ3) is 3.27. The van der Waals surface area contributed by atoms with Gasteiger partial charge in [-0.2, -0.15) is 5.10 Å². The van der Waals surface area contributed by atoms with Crippen LogP contribution in [-0.4, -0.2) is 33.3 Å². The van der Waals surface area contributed by atoms with Crippen LogP contribution in [0, 0.1) is 5.82 Å². The fourth-order valence-electron chi connectivity index (χ4n) is 2.83. The second kappa shape index (κ2) is 6.60. The molecule has 2 aromatic rings. The van der Waals surface area contributed by atoms with Crippen LogP contribution >= 0.6 is 0 Å². The van der Waals surface area contributed by atoms with Gasteiger partial charge >= 0.3 is 6.03 Å². The lowest BCUT2D eigenvalue weighted by Gasteiger charge is -2.35. The van der Waals surface area contributed by atoms with Gasteiger partial charge in [-0.15, -0.1) is 0 Å². The molecule has 0 spiro atoms. The number of benzene rings is 1. The van der Waals surface area contributed by atoms with Crippen LogP contribution in [0.15, 0.2) is 42.7 Å². The van der Waals surface area contributed by atoms with E-state index in [0.717, 1.165) is 19.3 Å². The Kier molecular flexibility index (Phi) is 4.37. The van der Waals surface area contributed by atoms with E-state index in [0.29, 0.717) is 13.1 Å². The van der Waals surface area contributed by atoms with Gasteiger partial charge in [0.25, 0.3) is 0 Å². The van der Waals surface area contributed by atoms with Gasteiger partial charge in [-0.1, -0.05) is 12.1 Å². The summed E-state index contributed by atoms with van der Waals surface area (Å²) in [4.78, 5) is 14.3. The molecule has 0 bridgehead atoms. The van der Waals surface area contributed by atoms with Crippen molar-refractivity contribution in [2.45, 2.75) is 31.8 Å². The molecule has 1 atom stereocenters. The molecule has 0 saturated carbocycles. The molecule has 2 amide bonds. The minimum atomic E-state index is -0.420. The molecule has 5 nitrogen and oxygen atoms in total. The molecular weight excluding hydrogens is 283 g/mol. The number of carbonyl (C=O) groups is 1. The van der Waals surface area contributed by atoms with Crippen LogP contribution in [0.25, 0.3) is 0 Å². The van der Waals surface area contributed by atoms with Crippen LogP contribution in [0.1, 0.15) is 19.3 Å². The first kappa shape index (κ1) is 14.6. The molecule has 3 rings (SSSR count). The summed E-state index contributed by atoms with van der Waals surface area (Å²) in [7, 11) is 0. The number of aromatic nitrogens is 2. The third-order valence-electron chi connectivity index (χ3n) is 3.96. The van der Waals surface area contributed by atoms with E-state index in [4.69, 9.17) is 0 Å². The van der Waals surface area contributed by atoms with Crippen molar-refractivity contribution in [1.29, 1.82) is 0 Å². The fraction of sp³-hybridized carbons (Fsp3) is 0.375. The van der Waals surface area contributed by atoms with Crippen molar-refractivity contribution in [3.63, 3.8) is 0 Å². The number of hydrogen-bond donors (Lipinski definition) is 1. The molecule has 1 saturated heterocycles. The number of likely N-dealkylation sites (tertiary alicyclic amines) is 1. The number of carbonyl (C=O) groups excluding carboxylic acids is 1.